The molecule has 4 rings (SSSR count). The number of nitrogens with zero attached hydrogens (tertiary/aromatic N) is 5. The third-order valence-electron chi connectivity index (χ3n) is 6.18. The van der Waals surface area contributed by atoms with Gasteiger partial charge in [0.25, 0.3) is 0 Å². The van der Waals surface area contributed by atoms with E-state index in [0.29, 0.717) is 5.56 Å². The van der Waals surface area contributed by atoms with Gasteiger partial charge < -0.3 is 14.6 Å². The number of aryl methyl sites for hydroxylation is 1. The Bertz CT molecular complexity index is 1430. The van der Waals surface area contributed by atoms with Crippen LogP contribution in [-0.4, -0.2) is 62.8 Å². The molecule has 0 bridgehead atoms. The van der Waals surface area contributed by atoms with Crippen molar-refractivity contribution in [3.8, 4) is 17.1 Å². The standard InChI is InChI=1S/C23H27F3N6O5S/c1-12(2)37-22(14(4)38(27,34)35,20-28-8-13(3)9-29-20)21-31-30-19-17-7-15(23(24,25)26)5-6-18(17)36-11-16(10-33)32(19)21/h5-9,12,14,16,33H,10-11H2,1-4H3,(H2,27,34,35)/t14?,16-,22?/m0/s1. The van der Waals surface area contributed by atoms with Crippen LogP contribution in [-0.2, 0) is 26.5 Å². The number of alkyl halides is 3. The molecule has 3 N–H and O–H groups in total. The maximum absolute atomic E-state index is 13.6. The van der Waals surface area contributed by atoms with Gasteiger partial charge in [0.2, 0.25) is 15.6 Å². The van der Waals surface area contributed by atoms with E-state index in [0.717, 1.165) is 18.2 Å². The van der Waals surface area contributed by atoms with Gasteiger partial charge in [0.05, 0.1) is 29.9 Å². The lowest BCUT2D eigenvalue weighted by Crippen LogP contribution is -2.52. The molecule has 206 valence electrons. The van der Waals surface area contributed by atoms with Crippen LogP contribution < -0.4 is 9.88 Å². The molecule has 0 fully saturated rings. The summed E-state index contributed by atoms with van der Waals surface area (Å²) in [5, 5.41) is 22.7. The van der Waals surface area contributed by atoms with Crippen molar-refractivity contribution in [1.29, 1.82) is 0 Å². The number of aromatic nitrogens is 5. The molecule has 3 heterocycles. The summed E-state index contributed by atoms with van der Waals surface area (Å²) in [5.41, 5.74) is -2.41. The van der Waals surface area contributed by atoms with E-state index in [2.05, 4.69) is 20.2 Å². The summed E-state index contributed by atoms with van der Waals surface area (Å²) < 4.78 is 79.6. The first-order chi connectivity index (χ1) is 17.7. The summed E-state index contributed by atoms with van der Waals surface area (Å²) in [7, 11) is -4.37. The molecular formula is C23H27F3N6O5S. The van der Waals surface area contributed by atoms with Crippen LogP contribution in [0.2, 0.25) is 0 Å². The number of hydrogen-bond donors (Lipinski definition) is 2. The predicted octanol–water partition coefficient (Wildman–Crippen LogP) is 2.33. The van der Waals surface area contributed by atoms with Crippen LogP contribution >= 0.6 is 0 Å². The summed E-state index contributed by atoms with van der Waals surface area (Å²) >= 11 is 0. The number of ether oxygens (including phenoxy) is 2. The van der Waals surface area contributed by atoms with Crippen LogP contribution in [0.25, 0.3) is 11.4 Å². The second-order valence-corrected chi connectivity index (χ2v) is 11.2. The molecule has 3 atom stereocenters. The Morgan fingerprint density at radius 1 is 1.21 bits per heavy atom. The first kappa shape index (κ1) is 27.9. The lowest BCUT2D eigenvalue weighted by Gasteiger charge is -2.37. The Hall–Kier alpha value is -3.14. The summed E-state index contributed by atoms with van der Waals surface area (Å²) in [4.78, 5) is 8.66. The Balaban J connectivity index is 2.10. The van der Waals surface area contributed by atoms with Gasteiger partial charge in [-0.3, -0.25) is 4.57 Å². The van der Waals surface area contributed by atoms with E-state index in [9.17, 15) is 26.7 Å². The third kappa shape index (κ3) is 4.86. The largest absolute Gasteiger partial charge is 0.491 e. The van der Waals surface area contributed by atoms with Gasteiger partial charge in [-0.2, -0.15) is 13.2 Å². The van der Waals surface area contributed by atoms with Crippen LogP contribution in [0.3, 0.4) is 0 Å². The molecule has 15 heteroatoms. The van der Waals surface area contributed by atoms with Crippen LogP contribution in [0.15, 0.2) is 30.6 Å². The van der Waals surface area contributed by atoms with Crippen molar-refractivity contribution in [2.24, 2.45) is 5.14 Å². The van der Waals surface area contributed by atoms with Crippen molar-refractivity contribution < 1.29 is 36.2 Å². The highest BCUT2D eigenvalue weighted by molar-refractivity contribution is 7.89. The van der Waals surface area contributed by atoms with E-state index < -0.39 is 51.4 Å². The number of fused-ring (bicyclic) bond motifs is 3. The van der Waals surface area contributed by atoms with Crippen molar-refractivity contribution in [3.63, 3.8) is 0 Å². The predicted molar refractivity (Wildman–Crippen MR) is 128 cm³/mol. The number of hydrogen-bond acceptors (Lipinski definition) is 9. The molecule has 1 aromatic carbocycles. The van der Waals surface area contributed by atoms with Gasteiger partial charge in [0.15, 0.2) is 17.5 Å². The molecule has 0 radical (unpaired) electrons. The van der Waals surface area contributed by atoms with Gasteiger partial charge in [-0.1, -0.05) is 0 Å². The first-order valence-corrected chi connectivity index (χ1v) is 13.2. The lowest BCUT2D eigenvalue weighted by atomic mass is 9.95. The van der Waals surface area contributed by atoms with Crippen LogP contribution in [0, 0.1) is 6.92 Å². The minimum Gasteiger partial charge on any atom is -0.491 e. The van der Waals surface area contributed by atoms with Crippen LogP contribution in [0.5, 0.6) is 5.75 Å². The van der Waals surface area contributed by atoms with Crippen molar-refractivity contribution >= 4 is 10.0 Å². The van der Waals surface area contributed by atoms with E-state index in [4.69, 9.17) is 14.6 Å². The maximum Gasteiger partial charge on any atom is 0.416 e. The fourth-order valence-corrected chi connectivity index (χ4v) is 5.06. The maximum atomic E-state index is 13.6. The molecule has 11 nitrogen and oxygen atoms in total. The Labute approximate surface area is 216 Å². The van der Waals surface area contributed by atoms with Crippen molar-refractivity contribution in [3.05, 3.63) is 53.4 Å². The zero-order valence-electron chi connectivity index (χ0n) is 21.0. The van der Waals surface area contributed by atoms with E-state index in [1.165, 1.54) is 23.9 Å². The summed E-state index contributed by atoms with van der Waals surface area (Å²) in [6.45, 7) is 5.58. The molecule has 38 heavy (non-hydrogen) atoms. The van der Waals surface area contributed by atoms with Gasteiger partial charge >= 0.3 is 6.18 Å². The monoisotopic (exact) mass is 556 g/mol. The first-order valence-electron chi connectivity index (χ1n) is 11.6. The number of rotatable bonds is 7. The minimum absolute atomic E-state index is 0.0546. The highest BCUT2D eigenvalue weighted by Crippen LogP contribution is 2.44. The Kier molecular flexibility index (Phi) is 7.24. The second kappa shape index (κ2) is 9.87. The quantitative estimate of drug-likeness (QED) is 0.446. The number of nitrogens with two attached hydrogens (primary N) is 1. The number of primary sulfonamides is 1. The second-order valence-electron chi connectivity index (χ2n) is 9.29. The summed E-state index contributed by atoms with van der Waals surface area (Å²) in [6, 6.07) is 1.94. The van der Waals surface area contributed by atoms with Gasteiger partial charge in [0, 0.05) is 12.4 Å². The molecule has 0 saturated heterocycles. The average molecular weight is 557 g/mol. The number of aliphatic hydroxyl groups excluding tert-OH is 1. The van der Waals surface area contributed by atoms with Gasteiger partial charge in [-0.05, 0) is 51.5 Å². The molecule has 2 unspecified atom stereocenters. The smallest absolute Gasteiger partial charge is 0.416 e. The lowest BCUT2D eigenvalue weighted by molar-refractivity contribution is -0.137. The van der Waals surface area contributed by atoms with E-state index in [-0.39, 0.29) is 35.4 Å². The molecule has 1 aliphatic rings. The van der Waals surface area contributed by atoms with Crippen molar-refractivity contribution in [2.45, 2.75) is 56.9 Å². The fourth-order valence-electron chi connectivity index (χ4n) is 4.33. The van der Waals surface area contributed by atoms with Crippen LogP contribution in [0.4, 0.5) is 13.2 Å². The third-order valence-corrected chi connectivity index (χ3v) is 7.50. The highest BCUT2D eigenvalue weighted by Gasteiger charge is 2.54. The fraction of sp³-hybridized carbons (Fsp3) is 0.478. The summed E-state index contributed by atoms with van der Waals surface area (Å²) in [5.74, 6) is -0.294. The highest BCUT2D eigenvalue weighted by atomic mass is 32.2. The van der Waals surface area contributed by atoms with Gasteiger partial charge in [-0.25, -0.2) is 23.5 Å². The number of aliphatic hydroxyl groups is 1. The van der Waals surface area contributed by atoms with Crippen LogP contribution in [0.1, 0.15) is 49.6 Å². The Morgan fingerprint density at radius 3 is 2.42 bits per heavy atom. The SMILES string of the molecule is Cc1cnc(C(OC(C)C)(c2nnc3n2[C@@H](CO)COc2ccc(C(F)(F)F)cc2-3)C(C)S(N)(=O)=O)nc1. The average Bonchev–Trinajstić information content (AvgIpc) is 3.20. The molecule has 1 aliphatic heterocycles. The van der Waals surface area contributed by atoms with Gasteiger partial charge in [-0.15, -0.1) is 10.2 Å². The number of sulfonamides is 1. The molecule has 3 aromatic rings. The minimum atomic E-state index is -4.66. The molecule has 0 saturated carbocycles. The topological polar surface area (TPSA) is 155 Å². The number of benzene rings is 1. The molecular weight excluding hydrogens is 529 g/mol. The molecule has 0 aliphatic carbocycles. The van der Waals surface area contributed by atoms with Crippen molar-refractivity contribution in [1.82, 2.24) is 24.7 Å². The zero-order valence-corrected chi connectivity index (χ0v) is 21.8. The van der Waals surface area contributed by atoms with E-state index in [1.807, 2.05) is 0 Å². The Morgan fingerprint density at radius 2 is 1.87 bits per heavy atom. The molecule has 0 amide bonds. The summed E-state index contributed by atoms with van der Waals surface area (Å²) in [6.07, 6.45) is -2.38. The molecule has 0 spiro atoms. The van der Waals surface area contributed by atoms with E-state index >= 15 is 0 Å². The van der Waals surface area contributed by atoms with Crippen molar-refractivity contribution in [2.75, 3.05) is 13.2 Å². The molecule has 2 aromatic heterocycles. The normalized spacial score (nSPS) is 18.2. The number of halogens is 3. The van der Waals surface area contributed by atoms with Gasteiger partial charge in [0.1, 0.15) is 17.6 Å². The van der Waals surface area contributed by atoms with E-state index in [1.54, 1.807) is 20.8 Å². The zero-order chi connectivity index (χ0) is 28.0.